The first-order valence-corrected chi connectivity index (χ1v) is 49.1. The van der Waals surface area contributed by atoms with Crippen LogP contribution in [0, 0.1) is 5.92 Å². The van der Waals surface area contributed by atoms with Gasteiger partial charge in [0.1, 0.15) is 19.3 Å². The maximum Gasteiger partial charge on any atom is 0.472 e. The Morgan fingerprint density at radius 3 is 0.630 bits per heavy atom. The largest absolute Gasteiger partial charge is 0.472 e. The molecular weight excluding hydrogens is 1400 g/mol. The molecule has 17 nitrogen and oxygen atoms in total. The summed E-state index contributed by atoms with van der Waals surface area (Å²) in [4.78, 5) is 73.3. The summed E-state index contributed by atoms with van der Waals surface area (Å²) in [5.74, 6) is -1.37. The minimum absolute atomic E-state index is 0.108. The number of aliphatic hydroxyl groups is 1. The lowest BCUT2D eigenvalue weighted by Crippen LogP contribution is -2.30. The number of phosphoric acid groups is 2. The van der Waals surface area contributed by atoms with Crippen molar-refractivity contribution < 1.29 is 80.2 Å². The van der Waals surface area contributed by atoms with Crippen molar-refractivity contribution in [2.75, 3.05) is 39.6 Å². The van der Waals surface area contributed by atoms with Gasteiger partial charge in [-0.3, -0.25) is 37.3 Å². The summed E-state index contributed by atoms with van der Waals surface area (Å²) in [5, 5.41) is 10.7. The summed E-state index contributed by atoms with van der Waals surface area (Å²) in [6, 6.07) is 0. The quantitative estimate of drug-likeness (QED) is 0.0222. The van der Waals surface area contributed by atoms with Gasteiger partial charge >= 0.3 is 39.5 Å². The Bertz CT molecular complexity index is 2050. The van der Waals surface area contributed by atoms with Crippen LogP contribution in [0.3, 0.4) is 0 Å². The highest BCUT2D eigenvalue weighted by Crippen LogP contribution is 2.45. The van der Waals surface area contributed by atoms with E-state index in [4.69, 9.17) is 37.0 Å². The molecule has 0 saturated heterocycles. The van der Waals surface area contributed by atoms with Gasteiger partial charge in [-0.05, 0) is 31.6 Å². The predicted octanol–water partition coefficient (Wildman–Crippen LogP) is 27.5. The smallest absolute Gasteiger partial charge is 0.462 e. The van der Waals surface area contributed by atoms with Crippen molar-refractivity contribution in [2.24, 2.45) is 5.92 Å². The normalized spacial score (nSPS) is 13.7. The molecule has 108 heavy (non-hydrogen) atoms. The van der Waals surface area contributed by atoms with Crippen LogP contribution < -0.4 is 0 Å². The molecule has 0 bridgehead atoms. The van der Waals surface area contributed by atoms with Gasteiger partial charge in [0.2, 0.25) is 0 Å². The molecule has 5 atom stereocenters. The monoisotopic (exact) mass is 1580 g/mol. The van der Waals surface area contributed by atoms with Crippen LogP contribution in [-0.2, 0) is 65.4 Å². The van der Waals surface area contributed by atoms with E-state index in [1.54, 1.807) is 0 Å². The van der Waals surface area contributed by atoms with Gasteiger partial charge in [0.15, 0.2) is 12.2 Å². The fourth-order valence-electron chi connectivity index (χ4n) is 14.0. The molecule has 0 spiro atoms. The molecule has 0 heterocycles. The molecule has 0 rings (SSSR count). The Morgan fingerprint density at radius 1 is 0.250 bits per heavy atom. The molecule has 3 N–H and O–H groups in total. The third kappa shape index (κ3) is 82.1. The second kappa shape index (κ2) is 81.6. The van der Waals surface area contributed by atoms with Crippen molar-refractivity contribution in [2.45, 2.75) is 502 Å². The average Bonchev–Trinajstić information content (AvgIpc) is 0.901. The number of rotatable bonds is 89. The number of unbranched alkanes of at least 4 members (excludes halogenated alkanes) is 61. The first kappa shape index (κ1) is 106. The third-order valence-corrected chi connectivity index (χ3v) is 22.9. The first-order valence-electron chi connectivity index (χ1n) is 46.1. The van der Waals surface area contributed by atoms with E-state index in [0.29, 0.717) is 25.7 Å². The molecule has 19 heteroatoms. The van der Waals surface area contributed by atoms with E-state index in [9.17, 15) is 43.2 Å². The van der Waals surface area contributed by atoms with Crippen molar-refractivity contribution in [1.29, 1.82) is 0 Å². The van der Waals surface area contributed by atoms with Gasteiger partial charge in [-0.2, -0.15) is 0 Å². The molecule has 0 radical (unpaired) electrons. The zero-order valence-corrected chi connectivity index (χ0v) is 72.8. The molecule has 642 valence electrons. The molecule has 0 aliphatic carbocycles. The lowest BCUT2D eigenvalue weighted by atomic mass is 10.0. The molecule has 0 aliphatic rings. The summed E-state index contributed by atoms with van der Waals surface area (Å²) in [6.45, 7) is 7.35. The zero-order valence-electron chi connectivity index (χ0n) is 71.0. The van der Waals surface area contributed by atoms with Crippen LogP contribution in [0.25, 0.3) is 0 Å². The minimum atomic E-state index is -4.97. The molecule has 0 aromatic carbocycles. The van der Waals surface area contributed by atoms with E-state index >= 15 is 0 Å². The van der Waals surface area contributed by atoms with Crippen LogP contribution in [0.1, 0.15) is 484 Å². The second-order valence-corrected chi connectivity index (χ2v) is 35.4. The molecule has 0 aliphatic heterocycles. The Morgan fingerprint density at radius 2 is 0.426 bits per heavy atom. The minimum Gasteiger partial charge on any atom is -0.462 e. The van der Waals surface area contributed by atoms with Crippen molar-refractivity contribution in [3.63, 3.8) is 0 Å². The van der Waals surface area contributed by atoms with Crippen LogP contribution in [-0.4, -0.2) is 96.7 Å². The summed E-state index contributed by atoms with van der Waals surface area (Å²) >= 11 is 0. The first-order chi connectivity index (χ1) is 52.5. The second-order valence-electron chi connectivity index (χ2n) is 32.5. The number of hydrogen-bond acceptors (Lipinski definition) is 15. The molecule has 0 saturated carbocycles. The molecule has 0 amide bonds. The highest BCUT2D eigenvalue weighted by Gasteiger charge is 2.30. The highest BCUT2D eigenvalue weighted by atomic mass is 31.2. The molecule has 0 fully saturated rings. The number of aliphatic hydroxyl groups excluding tert-OH is 1. The van der Waals surface area contributed by atoms with Gasteiger partial charge in [0.05, 0.1) is 26.4 Å². The van der Waals surface area contributed by atoms with Crippen LogP contribution in [0.4, 0.5) is 0 Å². The fourth-order valence-corrected chi connectivity index (χ4v) is 15.6. The standard InChI is InChI=1S/C89H174O17P2/c1-6-9-12-15-18-21-24-27-30-33-35-36-37-38-41-44-47-50-53-60-65-70-74-88(93)105-84(78-99-86(91)72-67-62-57-51-48-45-42-40-34-31-28-25-22-19-16-13-10-7-2)80-103-107(95,96)101-76-83(90)77-102-108(97,98)104-81-85(79-100-87(92)73-68-63-58-55-54-56-61-66-71-82(4)5)106-89(94)75-69-64-59-52-49-46-43-39-32-29-26-23-20-17-14-11-8-3/h82-85,90H,6-81H2,1-5H3,(H,95,96)(H,97,98)/t83-,84-,85-/m1/s1. The van der Waals surface area contributed by atoms with Crippen LogP contribution >= 0.6 is 15.6 Å². The Labute approximate surface area is 664 Å². The topological polar surface area (TPSA) is 237 Å². The number of carbonyl (C=O) groups excluding carboxylic acids is 4. The number of ether oxygens (including phenoxy) is 4. The van der Waals surface area contributed by atoms with Crippen molar-refractivity contribution in [3.05, 3.63) is 0 Å². The Hall–Kier alpha value is -1.94. The third-order valence-electron chi connectivity index (χ3n) is 21.0. The van der Waals surface area contributed by atoms with Gasteiger partial charge in [0, 0.05) is 25.7 Å². The molecule has 0 aromatic rings. The van der Waals surface area contributed by atoms with Crippen molar-refractivity contribution in [3.8, 4) is 0 Å². The molecule has 0 aromatic heterocycles. The molecular formula is C89H174O17P2. The van der Waals surface area contributed by atoms with Gasteiger partial charge in [-0.1, -0.05) is 433 Å². The maximum absolute atomic E-state index is 13.2. The molecule has 2 unspecified atom stereocenters. The lowest BCUT2D eigenvalue weighted by molar-refractivity contribution is -0.161. The van der Waals surface area contributed by atoms with Crippen LogP contribution in [0.2, 0.25) is 0 Å². The number of esters is 4. The maximum atomic E-state index is 13.2. The predicted molar refractivity (Wildman–Crippen MR) is 446 cm³/mol. The van der Waals surface area contributed by atoms with E-state index in [1.165, 1.54) is 308 Å². The van der Waals surface area contributed by atoms with Gasteiger partial charge in [-0.25, -0.2) is 9.13 Å². The van der Waals surface area contributed by atoms with E-state index in [0.717, 1.165) is 95.8 Å². The van der Waals surface area contributed by atoms with Gasteiger partial charge in [-0.15, -0.1) is 0 Å². The van der Waals surface area contributed by atoms with Crippen LogP contribution in [0.15, 0.2) is 0 Å². The van der Waals surface area contributed by atoms with E-state index < -0.39 is 97.5 Å². The number of carbonyl (C=O) groups is 4. The van der Waals surface area contributed by atoms with Gasteiger partial charge in [0.25, 0.3) is 0 Å². The Kier molecular flexibility index (Phi) is 80.2. The van der Waals surface area contributed by atoms with E-state index in [2.05, 4.69) is 34.6 Å². The summed E-state index contributed by atoms with van der Waals surface area (Å²) in [6.07, 6.45) is 76.5. The Balaban J connectivity index is 5.23. The zero-order chi connectivity index (χ0) is 79.0. The SMILES string of the molecule is CCCCCCCCCCCCCCCCCCCCCCCCC(=O)O[C@H](COC(=O)CCCCCCCCCCCCCCCCCCCC)COP(=O)(O)OC[C@@H](O)COP(=O)(O)OC[C@@H](COC(=O)CCCCCCCCCCC(C)C)OC(=O)CCCCCCCCCCCCCCCCCCC. The lowest BCUT2D eigenvalue weighted by Gasteiger charge is -2.21. The summed E-state index contributed by atoms with van der Waals surface area (Å²) in [7, 11) is -9.93. The van der Waals surface area contributed by atoms with E-state index in [1.807, 2.05) is 0 Å². The average molecular weight is 1580 g/mol. The number of hydrogen-bond donors (Lipinski definition) is 3. The van der Waals surface area contributed by atoms with Crippen molar-refractivity contribution in [1.82, 2.24) is 0 Å². The van der Waals surface area contributed by atoms with Crippen LogP contribution in [0.5, 0.6) is 0 Å². The summed E-state index contributed by atoms with van der Waals surface area (Å²) in [5.41, 5.74) is 0. The van der Waals surface area contributed by atoms with E-state index in [-0.39, 0.29) is 25.7 Å². The van der Waals surface area contributed by atoms with Gasteiger partial charge < -0.3 is 33.8 Å². The summed E-state index contributed by atoms with van der Waals surface area (Å²) < 4.78 is 69.0. The fraction of sp³-hybridized carbons (Fsp3) is 0.955. The highest BCUT2D eigenvalue weighted by molar-refractivity contribution is 7.47. The van der Waals surface area contributed by atoms with Crippen molar-refractivity contribution >= 4 is 39.5 Å². The number of phosphoric ester groups is 2.